The molecule has 1 aromatic rings. The number of primary sulfonamides is 1. The Bertz CT molecular complexity index is 554. The summed E-state index contributed by atoms with van der Waals surface area (Å²) >= 11 is 0. The van der Waals surface area contributed by atoms with E-state index in [1.165, 1.54) is 6.07 Å². The molecule has 0 bridgehead atoms. The van der Waals surface area contributed by atoms with Crippen LogP contribution in [0.2, 0.25) is 0 Å². The van der Waals surface area contributed by atoms with Gasteiger partial charge in [0.15, 0.2) is 0 Å². The predicted octanol–water partition coefficient (Wildman–Crippen LogP) is 0.718. The molecule has 1 fully saturated rings. The summed E-state index contributed by atoms with van der Waals surface area (Å²) in [6, 6.07) is 6.44. The molecule has 1 atom stereocenters. The third-order valence-electron chi connectivity index (χ3n) is 3.14. The zero-order chi connectivity index (χ0) is 13.2. The Morgan fingerprint density at radius 1 is 1.22 bits per heavy atom. The van der Waals surface area contributed by atoms with Crippen molar-refractivity contribution in [2.24, 2.45) is 5.14 Å². The van der Waals surface area contributed by atoms with Crippen LogP contribution in [0, 0.1) is 0 Å². The average Bonchev–Trinajstić information content (AvgIpc) is 2.53. The molecule has 0 radical (unpaired) electrons. The molecule has 1 unspecified atom stereocenters. The van der Waals surface area contributed by atoms with E-state index in [9.17, 15) is 13.2 Å². The van der Waals surface area contributed by atoms with Crippen molar-refractivity contribution in [1.29, 1.82) is 0 Å². The van der Waals surface area contributed by atoms with Gasteiger partial charge in [-0.3, -0.25) is 4.79 Å². The van der Waals surface area contributed by atoms with Crippen LogP contribution in [0.3, 0.4) is 0 Å². The summed E-state index contributed by atoms with van der Waals surface area (Å²) < 4.78 is 23.1. The van der Waals surface area contributed by atoms with Crippen molar-refractivity contribution in [3.8, 4) is 0 Å². The van der Waals surface area contributed by atoms with Crippen molar-refractivity contribution in [2.75, 3.05) is 6.54 Å². The number of hydrogen-bond donors (Lipinski definition) is 2. The minimum Gasteiger partial charge on any atom is -0.356 e. The van der Waals surface area contributed by atoms with E-state index in [-0.39, 0.29) is 10.8 Å². The monoisotopic (exact) mass is 268 g/mol. The summed E-state index contributed by atoms with van der Waals surface area (Å²) in [7, 11) is -3.80. The Morgan fingerprint density at radius 2 is 1.94 bits per heavy atom. The van der Waals surface area contributed by atoms with E-state index in [2.05, 4.69) is 5.32 Å². The van der Waals surface area contributed by atoms with Gasteiger partial charge in [-0.25, -0.2) is 13.6 Å². The lowest BCUT2D eigenvalue weighted by Crippen LogP contribution is -2.29. The van der Waals surface area contributed by atoms with E-state index in [4.69, 9.17) is 5.14 Å². The second kappa shape index (κ2) is 5.07. The van der Waals surface area contributed by atoms with Crippen molar-refractivity contribution in [1.82, 2.24) is 5.32 Å². The van der Waals surface area contributed by atoms with Gasteiger partial charge in [-0.2, -0.15) is 0 Å². The number of carbonyl (C=O) groups is 1. The molecule has 6 heteroatoms. The number of benzene rings is 1. The molecule has 1 amide bonds. The van der Waals surface area contributed by atoms with Crippen molar-refractivity contribution >= 4 is 15.9 Å². The van der Waals surface area contributed by atoms with Crippen LogP contribution >= 0.6 is 0 Å². The normalized spacial score (nSPS) is 21.2. The van der Waals surface area contributed by atoms with Crippen LogP contribution < -0.4 is 10.5 Å². The summed E-state index contributed by atoms with van der Waals surface area (Å²) in [6.45, 7) is 0.646. The average molecular weight is 268 g/mol. The highest BCUT2D eigenvalue weighted by Gasteiger charge is 2.27. The third-order valence-corrected chi connectivity index (χ3v) is 4.12. The number of amides is 1. The number of rotatable bonds is 2. The largest absolute Gasteiger partial charge is 0.356 e. The lowest BCUT2D eigenvalue weighted by molar-refractivity contribution is -0.122. The molecule has 3 N–H and O–H groups in total. The van der Waals surface area contributed by atoms with Gasteiger partial charge < -0.3 is 5.32 Å². The maximum absolute atomic E-state index is 11.9. The molecule has 1 saturated heterocycles. The van der Waals surface area contributed by atoms with Gasteiger partial charge in [-0.05, 0) is 24.5 Å². The number of sulfonamides is 1. The Morgan fingerprint density at radius 3 is 2.67 bits per heavy atom. The standard InChI is InChI=1S/C12H16N2O3S/c13-18(16,17)11-7-2-1-5-9(11)10-6-3-4-8-14-12(10)15/h1-2,5,7,10H,3-4,6,8H2,(H,14,15)(H2,13,16,17). The van der Waals surface area contributed by atoms with Gasteiger partial charge >= 0.3 is 0 Å². The fraction of sp³-hybridized carbons (Fsp3) is 0.417. The minimum absolute atomic E-state index is 0.0482. The van der Waals surface area contributed by atoms with Crippen LogP contribution in [0.5, 0.6) is 0 Å². The van der Waals surface area contributed by atoms with Gasteiger partial charge in [0.1, 0.15) is 0 Å². The van der Waals surface area contributed by atoms with Gasteiger partial charge in [0, 0.05) is 6.54 Å². The zero-order valence-electron chi connectivity index (χ0n) is 9.93. The molecule has 0 saturated carbocycles. The second-order valence-electron chi connectivity index (χ2n) is 4.42. The van der Waals surface area contributed by atoms with Gasteiger partial charge in [0.2, 0.25) is 15.9 Å². The highest BCUT2D eigenvalue weighted by atomic mass is 32.2. The molecule has 0 aliphatic carbocycles. The van der Waals surface area contributed by atoms with Crippen molar-refractivity contribution in [3.05, 3.63) is 29.8 Å². The molecule has 5 nitrogen and oxygen atoms in total. The number of carbonyl (C=O) groups excluding carboxylic acids is 1. The van der Waals surface area contributed by atoms with Crippen LogP contribution in [0.15, 0.2) is 29.2 Å². The molecule has 18 heavy (non-hydrogen) atoms. The SMILES string of the molecule is NS(=O)(=O)c1ccccc1C1CCCCNC1=O. The molecular formula is C12H16N2O3S. The van der Waals surface area contributed by atoms with E-state index < -0.39 is 15.9 Å². The number of hydrogen-bond acceptors (Lipinski definition) is 3. The molecule has 1 aliphatic rings. The highest BCUT2D eigenvalue weighted by molar-refractivity contribution is 7.89. The van der Waals surface area contributed by atoms with Crippen LogP contribution in [0.1, 0.15) is 30.7 Å². The predicted molar refractivity (Wildman–Crippen MR) is 67.4 cm³/mol. The molecule has 1 aliphatic heterocycles. The number of nitrogens with one attached hydrogen (secondary N) is 1. The molecule has 0 aromatic heterocycles. The van der Waals surface area contributed by atoms with E-state index in [1.807, 2.05) is 0 Å². The first-order valence-electron chi connectivity index (χ1n) is 5.89. The van der Waals surface area contributed by atoms with Crippen molar-refractivity contribution < 1.29 is 13.2 Å². The van der Waals surface area contributed by atoms with Crippen LogP contribution in [0.25, 0.3) is 0 Å². The summed E-state index contributed by atoms with van der Waals surface area (Å²) in [6.07, 6.45) is 2.46. The Balaban J connectivity index is 2.47. The van der Waals surface area contributed by atoms with Crippen LogP contribution in [0.4, 0.5) is 0 Å². The topological polar surface area (TPSA) is 89.3 Å². The smallest absolute Gasteiger partial charge is 0.238 e. The van der Waals surface area contributed by atoms with E-state index in [0.29, 0.717) is 18.5 Å². The van der Waals surface area contributed by atoms with Crippen LogP contribution in [-0.4, -0.2) is 20.9 Å². The minimum atomic E-state index is -3.80. The molecular weight excluding hydrogens is 252 g/mol. The Labute approximate surface area is 106 Å². The van der Waals surface area contributed by atoms with Crippen LogP contribution in [-0.2, 0) is 14.8 Å². The molecule has 2 rings (SSSR count). The Kier molecular flexibility index (Phi) is 3.68. The fourth-order valence-corrected chi connectivity index (χ4v) is 3.07. The first-order valence-corrected chi connectivity index (χ1v) is 7.44. The highest BCUT2D eigenvalue weighted by Crippen LogP contribution is 2.29. The van der Waals surface area contributed by atoms with E-state index in [1.54, 1.807) is 18.2 Å². The maximum Gasteiger partial charge on any atom is 0.238 e. The van der Waals surface area contributed by atoms with Crippen molar-refractivity contribution in [2.45, 2.75) is 30.1 Å². The Hall–Kier alpha value is -1.40. The first kappa shape index (κ1) is 13.0. The molecule has 1 aromatic carbocycles. The summed E-state index contributed by atoms with van der Waals surface area (Å²) in [5, 5.41) is 7.99. The van der Waals surface area contributed by atoms with Gasteiger partial charge in [-0.1, -0.05) is 24.6 Å². The lowest BCUT2D eigenvalue weighted by Gasteiger charge is -2.16. The summed E-state index contributed by atoms with van der Waals surface area (Å²) in [4.78, 5) is 12.0. The summed E-state index contributed by atoms with van der Waals surface area (Å²) in [5.74, 6) is -0.550. The lowest BCUT2D eigenvalue weighted by atomic mass is 9.94. The molecule has 98 valence electrons. The second-order valence-corrected chi connectivity index (χ2v) is 5.95. The first-order chi connectivity index (χ1) is 8.50. The van der Waals surface area contributed by atoms with E-state index >= 15 is 0 Å². The quantitative estimate of drug-likeness (QED) is 0.828. The van der Waals surface area contributed by atoms with E-state index in [0.717, 1.165) is 12.8 Å². The van der Waals surface area contributed by atoms with Gasteiger partial charge in [0.25, 0.3) is 0 Å². The number of nitrogens with two attached hydrogens (primary N) is 1. The van der Waals surface area contributed by atoms with Crippen molar-refractivity contribution in [3.63, 3.8) is 0 Å². The van der Waals surface area contributed by atoms with Gasteiger partial charge in [0.05, 0.1) is 10.8 Å². The summed E-state index contributed by atoms with van der Waals surface area (Å²) in [5.41, 5.74) is 0.499. The molecule has 1 heterocycles. The zero-order valence-corrected chi connectivity index (χ0v) is 10.7. The maximum atomic E-state index is 11.9. The molecule has 0 spiro atoms. The third kappa shape index (κ3) is 2.70. The fourth-order valence-electron chi connectivity index (χ4n) is 2.26. The van der Waals surface area contributed by atoms with Gasteiger partial charge in [-0.15, -0.1) is 0 Å².